The van der Waals surface area contributed by atoms with Gasteiger partial charge in [0.2, 0.25) is 0 Å². The Morgan fingerprint density at radius 1 is 1.14 bits per heavy atom. The third kappa shape index (κ3) is 2.71. The van der Waals surface area contributed by atoms with E-state index in [-0.39, 0.29) is 22.0 Å². The smallest absolute Gasteiger partial charge is 0.264 e. The Bertz CT molecular complexity index is 788. The Kier molecular flexibility index (Phi) is 4.27. The molecule has 2 rings (SSSR count). The molecule has 7 heteroatoms. The van der Waals surface area contributed by atoms with Gasteiger partial charge in [0.1, 0.15) is 5.75 Å². The zero-order valence-corrected chi connectivity index (χ0v) is 13.2. The van der Waals surface area contributed by atoms with Crippen molar-refractivity contribution >= 4 is 15.7 Å². The second-order valence-corrected chi connectivity index (χ2v) is 6.63. The van der Waals surface area contributed by atoms with Gasteiger partial charge in [-0.05, 0) is 43.3 Å². The van der Waals surface area contributed by atoms with Gasteiger partial charge in [-0.1, -0.05) is 0 Å². The maximum absolute atomic E-state index is 14.1. The number of phenolic OH excluding ortho intramolecular Hbond substituents is 1. The quantitative estimate of drug-likeness (QED) is 0.938. The molecule has 0 radical (unpaired) electrons. The van der Waals surface area contributed by atoms with Crippen LogP contribution in [0.2, 0.25) is 0 Å². The van der Waals surface area contributed by atoms with Gasteiger partial charge < -0.3 is 9.84 Å². The van der Waals surface area contributed by atoms with Crippen molar-refractivity contribution in [2.75, 3.05) is 18.5 Å². The molecule has 0 aliphatic carbocycles. The fourth-order valence-electron chi connectivity index (χ4n) is 2.03. The molecule has 0 bridgehead atoms. The fourth-order valence-corrected chi connectivity index (χ4v) is 3.44. The first-order chi connectivity index (χ1) is 10.3. The van der Waals surface area contributed by atoms with E-state index >= 15 is 0 Å². The molecular weight excluding hydrogens is 309 g/mol. The molecule has 5 nitrogen and oxygen atoms in total. The second-order valence-electron chi connectivity index (χ2n) is 4.69. The van der Waals surface area contributed by atoms with Crippen LogP contribution in [0.3, 0.4) is 0 Å². The molecule has 0 aliphatic rings. The van der Waals surface area contributed by atoms with Gasteiger partial charge in [0.15, 0.2) is 11.6 Å². The van der Waals surface area contributed by atoms with Gasteiger partial charge in [0.05, 0.1) is 17.7 Å². The third-order valence-electron chi connectivity index (χ3n) is 3.37. The second kappa shape index (κ2) is 5.84. The summed E-state index contributed by atoms with van der Waals surface area (Å²) in [6.07, 6.45) is 0. The van der Waals surface area contributed by atoms with Crippen LogP contribution in [0.15, 0.2) is 41.3 Å². The van der Waals surface area contributed by atoms with Gasteiger partial charge in [-0.15, -0.1) is 0 Å². The molecule has 1 N–H and O–H groups in total. The van der Waals surface area contributed by atoms with E-state index in [0.717, 1.165) is 4.31 Å². The molecule has 2 aromatic carbocycles. The first-order valence-electron chi connectivity index (χ1n) is 6.40. The summed E-state index contributed by atoms with van der Waals surface area (Å²) < 4.78 is 45.2. The number of anilines is 1. The van der Waals surface area contributed by atoms with Crippen LogP contribution in [-0.4, -0.2) is 27.7 Å². The van der Waals surface area contributed by atoms with Gasteiger partial charge >= 0.3 is 0 Å². The van der Waals surface area contributed by atoms with E-state index in [2.05, 4.69) is 0 Å². The largest absolute Gasteiger partial charge is 0.508 e. The number of hydrogen-bond donors (Lipinski definition) is 1. The monoisotopic (exact) mass is 325 g/mol. The van der Waals surface area contributed by atoms with Gasteiger partial charge in [-0.3, -0.25) is 4.31 Å². The first-order valence-corrected chi connectivity index (χ1v) is 7.84. The zero-order chi connectivity index (χ0) is 16.5. The number of aromatic hydroxyl groups is 1. The number of ether oxygens (including phenoxy) is 1. The lowest BCUT2D eigenvalue weighted by Crippen LogP contribution is -2.27. The molecule has 2 aromatic rings. The highest BCUT2D eigenvalue weighted by molar-refractivity contribution is 7.92. The highest BCUT2D eigenvalue weighted by atomic mass is 32.2. The molecule has 0 aromatic heterocycles. The highest BCUT2D eigenvalue weighted by Gasteiger charge is 2.26. The SMILES string of the molecule is COc1ccc(S(=O)(=O)N(C)c2ccc(O)cc2)c(C)c1F. The van der Waals surface area contributed by atoms with E-state index in [1.54, 1.807) is 0 Å². The molecule has 0 aliphatic heterocycles. The Balaban J connectivity index is 2.51. The number of halogens is 1. The van der Waals surface area contributed by atoms with E-state index in [4.69, 9.17) is 4.74 Å². The molecule has 0 amide bonds. The predicted octanol–water partition coefficient (Wildman–Crippen LogP) is 2.67. The lowest BCUT2D eigenvalue weighted by molar-refractivity contribution is 0.384. The number of benzene rings is 2. The molecule has 0 atom stereocenters. The number of hydrogen-bond acceptors (Lipinski definition) is 4. The third-order valence-corrected chi connectivity index (χ3v) is 5.30. The number of methoxy groups -OCH3 is 1. The molecule has 0 spiro atoms. The number of nitrogens with zero attached hydrogens (tertiary/aromatic N) is 1. The molecular formula is C15H16FNO4S. The summed E-state index contributed by atoms with van der Waals surface area (Å²) in [7, 11) is -1.25. The summed E-state index contributed by atoms with van der Waals surface area (Å²) in [5.41, 5.74) is 0.346. The van der Waals surface area contributed by atoms with Crippen molar-refractivity contribution in [1.82, 2.24) is 0 Å². The lowest BCUT2D eigenvalue weighted by atomic mass is 10.2. The van der Waals surface area contributed by atoms with Crippen molar-refractivity contribution < 1.29 is 22.7 Å². The Hall–Kier alpha value is -2.28. The summed E-state index contributed by atoms with van der Waals surface area (Å²) in [5, 5.41) is 9.27. The standard InChI is InChI=1S/C15H16FNO4S/c1-10-14(9-8-13(21-3)15(10)16)22(19,20)17(2)11-4-6-12(18)7-5-11/h4-9,18H,1-3H3. The molecule has 0 saturated heterocycles. The normalized spacial score (nSPS) is 11.3. The molecule has 22 heavy (non-hydrogen) atoms. The van der Waals surface area contributed by atoms with E-state index in [1.807, 2.05) is 0 Å². The number of sulfonamides is 1. The summed E-state index contributed by atoms with van der Waals surface area (Å²) in [6, 6.07) is 8.26. The van der Waals surface area contributed by atoms with E-state index < -0.39 is 15.8 Å². The minimum Gasteiger partial charge on any atom is -0.508 e. The van der Waals surface area contributed by atoms with E-state index in [1.165, 1.54) is 57.5 Å². The van der Waals surface area contributed by atoms with Gasteiger partial charge in [0, 0.05) is 12.6 Å². The summed E-state index contributed by atoms with van der Waals surface area (Å²) in [4.78, 5) is -0.138. The zero-order valence-electron chi connectivity index (χ0n) is 12.4. The maximum Gasteiger partial charge on any atom is 0.264 e. The van der Waals surface area contributed by atoms with Crippen LogP contribution < -0.4 is 9.04 Å². The fraction of sp³-hybridized carbons (Fsp3) is 0.200. The van der Waals surface area contributed by atoms with Crippen molar-refractivity contribution in [3.8, 4) is 11.5 Å². The van der Waals surface area contributed by atoms with Crippen LogP contribution in [0, 0.1) is 12.7 Å². The average Bonchev–Trinajstić information content (AvgIpc) is 2.49. The van der Waals surface area contributed by atoms with Crippen LogP contribution in [0.1, 0.15) is 5.56 Å². The van der Waals surface area contributed by atoms with E-state index in [0.29, 0.717) is 5.69 Å². The van der Waals surface area contributed by atoms with Crippen molar-refractivity contribution in [1.29, 1.82) is 0 Å². The maximum atomic E-state index is 14.1. The van der Waals surface area contributed by atoms with Crippen LogP contribution in [0.4, 0.5) is 10.1 Å². The van der Waals surface area contributed by atoms with Crippen molar-refractivity contribution in [3.63, 3.8) is 0 Å². The predicted molar refractivity (Wildman–Crippen MR) is 81.4 cm³/mol. The minimum absolute atomic E-state index is 0.00928. The van der Waals surface area contributed by atoms with Crippen molar-refractivity contribution in [3.05, 3.63) is 47.8 Å². The highest BCUT2D eigenvalue weighted by Crippen LogP contribution is 2.30. The molecule has 0 fully saturated rings. The molecule has 118 valence electrons. The van der Waals surface area contributed by atoms with E-state index in [9.17, 15) is 17.9 Å². The van der Waals surface area contributed by atoms with Crippen molar-refractivity contribution in [2.45, 2.75) is 11.8 Å². The van der Waals surface area contributed by atoms with Gasteiger partial charge in [-0.25, -0.2) is 12.8 Å². The number of phenols is 1. The molecule has 0 saturated carbocycles. The summed E-state index contributed by atoms with van der Waals surface area (Å²) in [6.45, 7) is 1.38. The average molecular weight is 325 g/mol. The van der Waals surface area contributed by atoms with Gasteiger partial charge in [0.25, 0.3) is 10.0 Å². The summed E-state index contributed by atoms with van der Waals surface area (Å²) in [5.74, 6) is -0.687. The summed E-state index contributed by atoms with van der Waals surface area (Å²) >= 11 is 0. The Morgan fingerprint density at radius 2 is 1.73 bits per heavy atom. The number of rotatable bonds is 4. The molecule has 0 unspecified atom stereocenters. The first kappa shape index (κ1) is 16.1. The van der Waals surface area contributed by atoms with Crippen molar-refractivity contribution in [2.24, 2.45) is 0 Å². The van der Waals surface area contributed by atoms with Crippen LogP contribution >= 0.6 is 0 Å². The molecule has 0 heterocycles. The Labute approximate surface area is 128 Å². The van der Waals surface area contributed by atoms with Crippen LogP contribution in [0.5, 0.6) is 11.5 Å². The minimum atomic E-state index is -3.93. The topological polar surface area (TPSA) is 66.8 Å². The van der Waals surface area contributed by atoms with Crippen LogP contribution in [0.25, 0.3) is 0 Å². The van der Waals surface area contributed by atoms with Crippen LogP contribution in [-0.2, 0) is 10.0 Å². The lowest BCUT2D eigenvalue weighted by Gasteiger charge is -2.21. The van der Waals surface area contributed by atoms with Gasteiger partial charge in [-0.2, -0.15) is 0 Å². The Morgan fingerprint density at radius 3 is 2.27 bits per heavy atom.